The fourth-order valence-electron chi connectivity index (χ4n) is 2.17. The van der Waals surface area contributed by atoms with Crippen LogP contribution in [-0.2, 0) is 11.3 Å². The Labute approximate surface area is 104 Å². The lowest BCUT2D eigenvalue weighted by molar-refractivity contribution is -0.737. The predicted octanol–water partition coefficient (Wildman–Crippen LogP) is 1.80. The molecule has 96 valence electrons. The van der Waals surface area contributed by atoms with Crippen molar-refractivity contribution in [2.24, 2.45) is 0 Å². The molecule has 1 aliphatic carbocycles. The number of hydrogen-bond acceptors (Lipinski definition) is 5. The molecule has 0 radical (unpaired) electrons. The van der Waals surface area contributed by atoms with Crippen LogP contribution >= 0.6 is 0 Å². The lowest BCUT2D eigenvalue weighted by Crippen LogP contribution is -2.06. The number of carbonyl (C=O) groups excluding carboxylic acids is 1. The molecular weight excluding hydrogens is 238 g/mol. The Balaban J connectivity index is 2.74. The molecule has 0 aliphatic heterocycles. The molecule has 0 saturated carbocycles. The topological polar surface area (TPSA) is 64.8 Å². The van der Waals surface area contributed by atoms with E-state index in [-0.39, 0.29) is 17.2 Å². The van der Waals surface area contributed by atoms with Gasteiger partial charge in [-0.1, -0.05) is 0 Å². The Hall–Kier alpha value is -2.11. The molecule has 0 spiro atoms. The van der Waals surface area contributed by atoms with Crippen LogP contribution in [0.3, 0.4) is 0 Å². The lowest BCUT2D eigenvalue weighted by atomic mass is 10.1. The zero-order valence-corrected chi connectivity index (χ0v) is 10.5. The standard InChI is InChI=1S/C12H14NO5/c1-16-10-6-8-7(4-5-9(8)14)11(12(10)17-2)13(15)18-3/h6H,4-5H2,1-3H3/q+1. The van der Waals surface area contributed by atoms with Crippen molar-refractivity contribution in [3.63, 3.8) is 0 Å². The zero-order valence-electron chi connectivity index (χ0n) is 10.5. The summed E-state index contributed by atoms with van der Waals surface area (Å²) in [5, 5.41) is 0. The summed E-state index contributed by atoms with van der Waals surface area (Å²) >= 11 is 0. The van der Waals surface area contributed by atoms with Crippen LogP contribution in [0.1, 0.15) is 22.3 Å². The van der Waals surface area contributed by atoms with Gasteiger partial charge in [-0.25, -0.2) is 4.84 Å². The van der Waals surface area contributed by atoms with E-state index in [2.05, 4.69) is 4.84 Å². The summed E-state index contributed by atoms with van der Waals surface area (Å²) in [6, 6.07) is 1.61. The highest BCUT2D eigenvalue weighted by molar-refractivity contribution is 6.02. The Morgan fingerprint density at radius 1 is 1.17 bits per heavy atom. The molecule has 6 nitrogen and oxygen atoms in total. The number of ether oxygens (including phenoxy) is 2. The predicted molar refractivity (Wildman–Crippen MR) is 62.5 cm³/mol. The van der Waals surface area contributed by atoms with Gasteiger partial charge in [-0.05, 0) is 12.5 Å². The van der Waals surface area contributed by atoms with Gasteiger partial charge in [-0.3, -0.25) is 4.79 Å². The Morgan fingerprint density at radius 3 is 2.44 bits per heavy atom. The van der Waals surface area contributed by atoms with Crippen LogP contribution in [0, 0.1) is 4.91 Å². The van der Waals surface area contributed by atoms with Gasteiger partial charge in [0.2, 0.25) is 5.75 Å². The van der Waals surface area contributed by atoms with E-state index < -0.39 is 0 Å². The summed E-state index contributed by atoms with van der Waals surface area (Å²) in [6.07, 6.45) is 0.891. The number of benzene rings is 1. The van der Waals surface area contributed by atoms with Crippen LogP contribution in [0.25, 0.3) is 0 Å². The van der Waals surface area contributed by atoms with E-state index in [0.717, 1.165) is 0 Å². The second-order valence-electron chi connectivity index (χ2n) is 3.85. The minimum Gasteiger partial charge on any atom is -0.493 e. The average Bonchev–Trinajstić information content (AvgIpc) is 2.77. The molecule has 1 aromatic carbocycles. The summed E-state index contributed by atoms with van der Waals surface area (Å²) in [7, 11) is 4.15. The average molecular weight is 252 g/mol. The number of methoxy groups -OCH3 is 2. The monoisotopic (exact) mass is 252 g/mol. The summed E-state index contributed by atoms with van der Waals surface area (Å²) < 4.78 is 10.3. The van der Waals surface area contributed by atoms with Crippen molar-refractivity contribution in [1.82, 2.24) is 0 Å². The van der Waals surface area contributed by atoms with Gasteiger partial charge in [0.25, 0.3) is 4.92 Å². The molecule has 0 heterocycles. The zero-order chi connectivity index (χ0) is 13.3. The molecule has 0 N–H and O–H groups in total. The van der Waals surface area contributed by atoms with Crippen LogP contribution in [0.15, 0.2) is 6.07 Å². The first-order chi connectivity index (χ1) is 8.63. The molecular formula is C12H14NO5+. The van der Waals surface area contributed by atoms with E-state index in [1.807, 2.05) is 0 Å². The number of carbonyl (C=O) groups is 1. The Morgan fingerprint density at radius 2 is 1.89 bits per heavy atom. The van der Waals surface area contributed by atoms with Crippen LogP contribution in [0.5, 0.6) is 11.5 Å². The number of fused-ring (bicyclic) bond motifs is 1. The van der Waals surface area contributed by atoms with Crippen LogP contribution in [0.4, 0.5) is 5.69 Å². The van der Waals surface area contributed by atoms with E-state index in [1.165, 1.54) is 21.3 Å². The molecule has 1 aliphatic rings. The SMILES string of the molecule is COc1cc2c(c([N+](=O)OC)c1OC)CCC2=O. The van der Waals surface area contributed by atoms with Gasteiger partial charge in [0.05, 0.1) is 19.1 Å². The molecule has 0 amide bonds. The number of rotatable bonds is 4. The molecule has 0 saturated heterocycles. The Bertz CT molecular complexity index is 524. The highest BCUT2D eigenvalue weighted by Gasteiger charge is 2.37. The number of Topliss-reactive ketones (excluding diaryl/α,β-unsaturated/α-hetero) is 1. The van der Waals surface area contributed by atoms with Crippen LogP contribution in [-0.4, -0.2) is 32.0 Å². The van der Waals surface area contributed by atoms with E-state index >= 15 is 0 Å². The number of ketones is 1. The number of nitrogens with zero attached hydrogens (tertiary/aromatic N) is 1. The first-order valence-electron chi connectivity index (χ1n) is 5.46. The second kappa shape index (κ2) is 4.64. The first-order valence-corrected chi connectivity index (χ1v) is 5.46. The van der Waals surface area contributed by atoms with Crippen molar-refractivity contribution < 1.29 is 24.0 Å². The third-order valence-corrected chi connectivity index (χ3v) is 3.00. The van der Waals surface area contributed by atoms with E-state index in [4.69, 9.17) is 9.47 Å². The minimum absolute atomic E-state index is 0.00305. The second-order valence-corrected chi connectivity index (χ2v) is 3.85. The molecule has 0 atom stereocenters. The fraction of sp³-hybridized carbons (Fsp3) is 0.417. The molecule has 18 heavy (non-hydrogen) atoms. The van der Waals surface area contributed by atoms with Crippen LogP contribution in [0.2, 0.25) is 0 Å². The maximum atomic E-state index is 11.8. The van der Waals surface area contributed by atoms with Crippen LogP contribution < -0.4 is 9.47 Å². The van der Waals surface area contributed by atoms with Gasteiger partial charge < -0.3 is 9.47 Å². The van der Waals surface area contributed by atoms with E-state index in [0.29, 0.717) is 34.6 Å². The van der Waals surface area contributed by atoms with Gasteiger partial charge in [-0.15, -0.1) is 0 Å². The maximum absolute atomic E-state index is 11.8. The highest BCUT2D eigenvalue weighted by atomic mass is 16.8. The first kappa shape index (κ1) is 12.3. The van der Waals surface area contributed by atoms with Crippen molar-refractivity contribution >= 4 is 11.5 Å². The number of hydrogen-bond donors (Lipinski definition) is 0. The van der Waals surface area contributed by atoms with Crippen molar-refractivity contribution in [3.8, 4) is 11.5 Å². The fourth-order valence-corrected chi connectivity index (χ4v) is 2.17. The third kappa shape index (κ3) is 1.70. The van der Waals surface area contributed by atoms with Gasteiger partial charge in [0.1, 0.15) is 0 Å². The maximum Gasteiger partial charge on any atom is 0.365 e. The van der Waals surface area contributed by atoms with Gasteiger partial charge in [0.15, 0.2) is 18.6 Å². The van der Waals surface area contributed by atoms with Gasteiger partial charge >= 0.3 is 5.69 Å². The molecule has 1 aromatic rings. The quantitative estimate of drug-likeness (QED) is 0.764. The molecule has 0 aromatic heterocycles. The van der Waals surface area contributed by atoms with E-state index in [9.17, 15) is 9.70 Å². The highest BCUT2D eigenvalue weighted by Crippen LogP contribution is 2.44. The summed E-state index contributed by atoms with van der Waals surface area (Å²) in [6.45, 7) is 0. The largest absolute Gasteiger partial charge is 0.493 e. The molecule has 6 heteroatoms. The summed E-state index contributed by atoms with van der Waals surface area (Å²) in [5.41, 5.74) is 1.36. The van der Waals surface area contributed by atoms with Gasteiger partial charge in [0, 0.05) is 17.5 Å². The lowest BCUT2D eigenvalue weighted by Gasteiger charge is -2.09. The normalized spacial score (nSPS) is 13.2. The Kier molecular flexibility index (Phi) is 3.18. The van der Waals surface area contributed by atoms with Crippen molar-refractivity contribution in [2.45, 2.75) is 12.8 Å². The van der Waals surface area contributed by atoms with Gasteiger partial charge in [-0.2, -0.15) is 0 Å². The third-order valence-electron chi connectivity index (χ3n) is 3.00. The molecule has 0 fully saturated rings. The van der Waals surface area contributed by atoms with Crippen molar-refractivity contribution in [1.29, 1.82) is 0 Å². The van der Waals surface area contributed by atoms with E-state index in [1.54, 1.807) is 6.07 Å². The van der Waals surface area contributed by atoms with Crippen molar-refractivity contribution in [2.75, 3.05) is 21.3 Å². The van der Waals surface area contributed by atoms with Crippen molar-refractivity contribution in [3.05, 3.63) is 22.1 Å². The molecule has 0 bridgehead atoms. The minimum atomic E-state index is -0.00305. The molecule has 0 unspecified atom stereocenters. The summed E-state index contributed by atoms with van der Waals surface area (Å²) in [4.78, 5) is 28.5. The summed E-state index contributed by atoms with van der Waals surface area (Å²) in [5.74, 6) is 0.624. The smallest absolute Gasteiger partial charge is 0.365 e. The molecule has 2 rings (SSSR count).